The van der Waals surface area contributed by atoms with Gasteiger partial charge in [0.2, 0.25) is 0 Å². The number of hydrogen-bond acceptors (Lipinski definition) is 4. The molecular formula is C11H17NO2S2. The van der Waals surface area contributed by atoms with Crippen LogP contribution in [-0.4, -0.2) is 27.5 Å². The summed E-state index contributed by atoms with van der Waals surface area (Å²) in [6, 6.07) is 5.42. The van der Waals surface area contributed by atoms with Crippen LogP contribution in [-0.2, 0) is 16.3 Å². The number of aryl methyl sites for hydroxylation is 1. The summed E-state index contributed by atoms with van der Waals surface area (Å²) in [5.74, 6) is 0. The van der Waals surface area contributed by atoms with Crippen LogP contribution < -0.4 is 5.73 Å². The van der Waals surface area contributed by atoms with E-state index in [1.165, 1.54) is 18.0 Å². The number of hydrogen-bond donors (Lipinski definition) is 1. The lowest BCUT2D eigenvalue weighted by Gasteiger charge is -2.11. The maximum absolute atomic E-state index is 11.6. The largest absolute Gasteiger partial charge is 0.330 e. The van der Waals surface area contributed by atoms with Crippen molar-refractivity contribution >= 4 is 21.6 Å². The van der Waals surface area contributed by atoms with Gasteiger partial charge in [0.25, 0.3) is 0 Å². The highest BCUT2D eigenvalue weighted by Gasteiger charge is 2.15. The zero-order chi connectivity index (χ0) is 12.2. The third-order valence-electron chi connectivity index (χ3n) is 2.31. The molecule has 90 valence electrons. The first kappa shape index (κ1) is 13.5. The lowest BCUT2D eigenvalue weighted by Crippen LogP contribution is -2.04. The Morgan fingerprint density at radius 1 is 1.38 bits per heavy atom. The molecule has 0 unspecified atom stereocenters. The van der Waals surface area contributed by atoms with Crippen molar-refractivity contribution in [3.05, 3.63) is 23.8 Å². The van der Waals surface area contributed by atoms with Gasteiger partial charge in [0.05, 0.1) is 4.90 Å². The molecule has 0 amide bonds. The lowest BCUT2D eigenvalue weighted by molar-refractivity contribution is 0.599. The van der Waals surface area contributed by atoms with Crippen LogP contribution in [0.5, 0.6) is 0 Å². The van der Waals surface area contributed by atoms with Gasteiger partial charge in [-0.2, -0.15) is 0 Å². The normalized spacial score (nSPS) is 11.7. The zero-order valence-corrected chi connectivity index (χ0v) is 11.2. The minimum Gasteiger partial charge on any atom is -0.330 e. The molecule has 3 nitrogen and oxygen atoms in total. The van der Waals surface area contributed by atoms with E-state index in [-0.39, 0.29) is 0 Å². The maximum Gasteiger partial charge on any atom is 0.176 e. The standard InChI is InChI=1S/C11H17NO2S2/c1-15-11-9(6-4-8-12)5-3-7-10(11)16(2,13)14/h3,5,7H,4,6,8,12H2,1-2H3. The molecule has 1 aromatic rings. The Morgan fingerprint density at radius 3 is 2.56 bits per heavy atom. The van der Waals surface area contributed by atoms with E-state index in [0.29, 0.717) is 11.4 Å². The Balaban J connectivity index is 3.21. The summed E-state index contributed by atoms with van der Waals surface area (Å²) in [5.41, 5.74) is 6.54. The Bertz CT molecular complexity index is 455. The molecule has 0 fully saturated rings. The Labute approximate surface area is 101 Å². The second-order valence-corrected chi connectivity index (χ2v) is 6.41. The summed E-state index contributed by atoms with van der Waals surface area (Å²) in [5, 5.41) is 0. The molecule has 0 heterocycles. The molecule has 0 saturated carbocycles. The zero-order valence-electron chi connectivity index (χ0n) is 9.56. The van der Waals surface area contributed by atoms with Crippen molar-refractivity contribution in [2.45, 2.75) is 22.6 Å². The molecule has 0 aliphatic carbocycles. The maximum atomic E-state index is 11.6. The first-order valence-corrected chi connectivity index (χ1v) is 8.18. The molecule has 5 heteroatoms. The van der Waals surface area contributed by atoms with Gasteiger partial charge in [0, 0.05) is 11.2 Å². The van der Waals surface area contributed by atoms with E-state index in [1.54, 1.807) is 12.1 Å². The van der Waals surface area contributed by atoms with Crippen LogP contribution in [0.3, 0.4) is 0 Å². The van der Waals surface area contributed by atoms with Crippen LogP contribution >= 0.6 is 11.8 Å². The minimum absolute atomic E-state index is 0.425. The molecule has 1 aromatic carbocycles. The molecule has 2 N–H and O–H groups in total. The van der Waals surface area contributed by atoms with Crippen LogP contribution in [0.15, 0.2) is 28.0 Å². The van der Waals surface area contributed by atoms with E-state index in [9.17, 15) is 8.42 Å². The fourth-order valence-corrected chi connectivity index (χ4v) is 3.77. The van der Waals surface area contributed by atoms with Gasteiger partial charge >= 0.3 is 0 Å². The Morgan fingerprint density at radius 2 is 2.06 bits per heavy atom. The van der Waals surface area contributed by atoms with E-state index in [2.05, 4.69) is 0 Å². The van der Waals surface area contributed by atoms with E-state index in [1.807, 2.05) is 12.3 Å². The summed E-state index contributed by atoms with van der Waals surface area (Å²) in [7, 11) is -3.15. The average Bonchev–Trinajstić information content (AvgIpc) is 2.24. The number of nitrogens with two attached hydrogens (primary N) is 1. The fraction of sp³-hybridized carbons (Fsp3) is 0.455. The summed E-state index contributed by atoms with van der Waals surface area (Å²) >= 11 is 1.48. The first-order valence-electron chi connectivity index (χ1n) is 5.06. The minimum atomic E-state index is -3.15. The molecule has 0 atom stereocenters. The number of sulfone groups is 1. The third kappa shape index (κ3) is 3.23. The van der Waals surface area contributed by atoms with Gasteiger partial charge in [-0.05, 0) is 37.3 Å². The summed E-state index contributed by atoms with van der Waals surface area (Å²) < 4.78 is 23.2. The summed E-state index contributed by atoms with van der Waals surface area (Å²) in [6.07, 6.45) is 4.85. The highest BCUT2D eigenvalue weighted by Crippen LogP contribution is 2.29. The SMILES string of the molecule is CSc1c(CCCN)cccc1S(C)(=O)=O. The summed E-state index contributed by atoms with van der Waals surface area (Å²) in [6.45, 7) is 0.622. The van der Waals surface area contributed by atoms with Crippen LogP contribution in [0.25, 0.3) is 0 Å². The van der Waals surface area contributed by atoms with Crippen molar-refractivity contribution in [3.8, 4) is 0 Å². The van der Waals surface area contributed by atoms with Crippen LogP contribution in [0.2, 0.25) is 0 Å². The van der Waals surface area contributed by atoms with Crippen molar-refractivity contribution in [1.29, 1.82) is 0 Å². The van der Waals surface area contributed by atoms with E-state index in [4.69, 9.17) is 5.73 Å². The number of thioether (sulfide) groups is 1. The molecule has 16 heavy (non-hydrogen) atoms. The quantitative estimate of drug-likeness (QED) is 0.818. The lowest BCUT2D eigenvalue weighted by atomic mass is 10.1. The van der Waals surface area contributed by atoms with Crippen molar-refractivity contribution in [2.24, 2.45) is 5.73 Å². The molecule has 0 aliphatic rings. The summed E-state index contributed by atoms with van der Waals surface area (Å²) in [4.78, 5) is 1.29. The molecule has 0 aliphatic heterocycles. The molecule has 0 saturated heterocycles. The third-order valence-corrected chi connectivity index (χ3v) is 4.47. The molecule has 0 radical (unpaired) electrons. The number of rotatable bonds is 5. The van der Waals surface area contributed by atoms with Gasteiger partial charge in [-0.15, -0.1) is 11.8 Å². The van der Waals surface area contributed by atoms with Crippen molar-refractivity contribution in [1.82, 2.24) is 0 Å². The van der Waals surface area contributed by atoms with Gasteiger partial charge in [0.15, 0.2) is 9.84 Å². The van der Waals surface area contributed by atoms with Gasteiger partial charge in [0.1, 0.15) is 0 Å². The first-order chi connectivity index (χ1) is 7.50. The Hall–Kier alpha value is -0.520. The predicted molar refractivity (Wildman–Crippen MR) is 68.7 cm³/mol. The van der Waals surface area contributed by atoms with E-state index >= 15 is 0 Å². The van der Waals surface area contributed by atoms with E-state index in [0.717, 1.165) is 23.3 Å². The van der Waals surface area contributed by atoms with Gasteiger partial charge in [-0.3, -0.25) is 0 Å². The molecular weight excluding hydrogens is 242 g/mol. The molecule has 0 aromatic heterocycles. The van der Waals surface area contributed by atoms with Crippen LogP contribution in [0.4, 0.5) is 0 Å². The Kier molecular flexibility index (Phi) is 4.83. The number of benzene rings is 1. The smallest absolute Gasteiger partial charge is 0.176 e. The van der Waals surface area contributed by atoms with Crippen molar-refractivity contribution in [2.75, 3.05) is 19.1 Å². The van der Waals surface area contributed by atoms with Crippen LogP contribution in [0.1, 0.15) is 12.0 Å². The van der Waals surface area contributed by atoms with Gasteiger partial charge < -0.3 is 5.73 Å². The molecule has 0 spiro atoms. The second kappa shape index (κ2) is 5.70. The molecule has 0 bridgehead atoms. The van der Waals surface area contributed by atoms with Gasteiger partial charge in [-0.25, -0.2) is 8.42 Å². The fourth-order valence-electron chi connectivity index (χ4n) is 1.57. The van der Waals surface area contributed by atoms with Crippen LogP contribution in [0, 0.1) is 0 Å². The predicted octanol–water partition coefficient (Wildman–Crippen LogP) is 1.70. The van der Waals surface area contributed by atoms with Crippen molar-refractivity contribution < 1.29 is 8.42 Å². The topological polar surface area (TPSA) is 60.2 Å². The van der Waals surface area contributed by atoms with Gasteiger partial charge in [-0.1, -0.05) is 12.1 Å². The monoisotopic (exact) mass is 259 g/mol. The highest BCUT2D eigenvalue weighted by atomic mass is 32.2. The second-order valence-electron chi connectivity index (χ2n) is 3.61. The van der Waals surface area contributed by atoms with Crippen molar-refractivity contribution in [3.63, 3.8) is 0 Å². The molecule has 1 rings (SSSR count). The van der Waals surface area contributed by atoms with E-state index < -0.39 is 9.84 Å². The average molecular weight is 259 g/mol. The highest BCUT2D eigenvalue weighted by molar-refractivity contribution is 7.99.